The number of hydrogen-bond acceptors (Lipinski definition) is 6. The minimum Gasteiger partial charge on any atom is -0.361 e. The van der Waals surface area contributed by atoms with Crippen LogP contribution in [0.1, 0.15) is 31.4 Å². The molecule has 1 saturated carbocycles. The molecule has 3 aromatic rings. The van der Waals surface area contributed by atoms with Crippen LogP contribution < -0.4 is 0 Å². The number of fused-ring (bicyclic) bond motifs is 1. The fraction of sp³-hybridized carbons (Fsp3) is 0.593. The van der Waals surface area contributed by atoms with Gasteiger partial charge in [0.2, 0.25) is 10.0 Å². The van der Waals surface area contributed by atoms with E-state index in [1.165, 1.54) is 0 Å². The molecule has 3 aromatic heterocycles. The molecule has 0 radical (unpaired) electrons. The topological polar surface area (TPSA) is 90.2 Å². The third kappa shape index (κ3) is 6.84. The van der Waals surface area contributed by atoms with Crippen molar-refractivity contribution >= 4 is 29.3 Å². The average Bonchev–Trinajstić information content (AvgIpc) is 3.57. The van der Waals surface area contributed by atoms with Gasteiger partial charge in [-0.05, 0) is 68.2 Å². The summed E-state index contributed by atoms with van der Waals surface area (Å²) in [6, 6.07) is 7.08. The van der Waals surface area contributed by atoms with Crippen LogP contribution in [-0.2, 0) is 27.9 Å². The number of hydrogen-bond donors (Lipinski definition) is 0. The number of nitrogens with zero attached hydrogens (tertiary/aromatic N) is 5. The molecular weight excluding hydrogens is 502 g/mol. The molecule has 4 heterocycles. The van der Waals surface area contributed by atoms with E-state index in [1.54, 1.807) is 4.31 Å². The van der Waals surface area contributed by atoms with Crippen molar-refractivity contribution < 1.29 is 13.2 Å². The van der Waals surface area contributed by atoms with Gasteiger partial charge in [0.25, 0.3) is 0 Å². The standard InChI is InChI=1S/C27H39N5O3SSi/c1-37(2,3)15-14-35-20-31-13-10-24-27(31)29-17-26(30-24)23-7-4-11-28-25(23)16-22-6-5-12-32(18-22)36(33,34)19-21-8-9-21/h4,7,10-11,13,17,21-22H,5-6,8-9,12,14-16,18-20H2,1-3H3/t22-/m1/s1. The zero-order valence-corrected chi connectivity index (χ0v) is 24.1. The lowest BCUT2D eigenvalue weighted by molar-refractivity contribution is 0.0899. The first-order valence-corrected chi connectivity index (χ1v) is 18.8. The van der Waals surface area contributed by atoms with E-state index in [2.05, 4.69) is 19.6 Å². The molecule has 37 heavy (non-hydrogen) atoms. The molecule has 1 aliphatic carbocycles. The third-order valence-electron chi connectivity index (χ3n) is 7.36. The molecular formula is C27H39N5O3SSi. The normalized spacial score (nSPS) is 19.5. The van der Waals surface area contributed by atoms with Crippen LogP contribution in [0.4, 0.5) is 0 Å². The van der Waals surface area contributed by atoms with Crippen molar-refractivity contribution in [2.24, 2.45) is 11.8 Å². The second kappa shape index (κ2) is 10.9. The molecule has 0 N–H and O–H groups in total. The summed E-state index contributed by atoms with van der Waals surface area (Å²) in [4.78, 5) is 14.3. The van der Waals surface area contributed by atoms with Crippen molar-refractivity contribution in [1.82, 2.24) is 23.8 Å². The Bertz CT molecular complexity index is 1330. The molecule has 2 aliphatic rings. The molecule has 0 amide bonds. The van der Waals surface area contributed by atoms with Crippen LogP contribution in [0.15, 0.2) is 36.8 Å². The van der Waals surface area contributed by atoms with Gasteiger partial charge in [-0.2, -0.15) is 0 Å². The number of pyridine rings is 1. The lowest BCUT2D eigenvalue weighted by Crippen LogP contribution is -2.42. The van der Waals surface area contributed by atoms with Gasteiger partial charge in [-0.1, -0.05) is 19.6 Å². The Labute approximate surface area is 221 Å². The number of piperidine rings is 1. The molecule has 1 saturated heterocycles. The van der Waals surface area contributed by atoms with Crippen LogP contribution in [-0.4, -0.2) is 65.8 Å². The number of sulfonamides is 1. The van der Waals surface area contributed by atoms with E-state index in [9.17, 15) is 8.42 Å². The maximum atomic E-state index is 12.9. The van der Waals surface area contributed by atoms with Crippen LogP contribution in [0.5, 0.6) is 0 Å². The summed E-state index contributed by atoms with van der Waals surface area (Å²) >= 11 is 0. The van der Waals surface area contributed by atoms with Gasteiger partial charge in [0.05, 0.1) is 23.3 Å². The number of aromatic nitrogens is 4. The number of rotatable bonds is 11. The van der Waals surface area contributed by atoms with Crippen LogP contribution in [0.25, 0.3) is 22.4 Å². The molecule has 0 bridgehead atoms. The molecule has 200 valence electrons. The summed E-state index contributed by atoms with van der Waals surface area (Å²) in [5.41, 5.74) is 4.36. The zero-order valence-electron chi connectivity index (χ0n) is 22.3. The molecule has 5 rings (SSSR count). The quantitative estimate of drug-likeness (QED) is 0.256. The molecule has 0 spiro atoms. The maximum absolute atomic E-state index is 12.9. The summed E-state index contributed by atoms with van der Waals surface area (Å²) in [6.45, 7) is 9.51. The minimum atomic E-state index is -3.17. The summed E-state index contributed by atoms with van der Waals surface area (Å²) in [7, 11) is -4.28. The molecule has 1 atom stereocenters. The lowest BCUT2D eigenvalue weighted by Gasteiger charge is -2.32. The molecule has 8 nitrogen and oxygen atoms in total. The Kier molecular flexibility index (Phi) is 7.81. The van der Waals surface area contributed by atoms with Gasteiger partial charge in [-0.3, -0.25) is 4.98 Å². The van der Waals surface area contributed by atoms with Crippen LogP contribution in [0.2, 0.25) is 25.7 Å². The van der Waals surface area contributed by atoms with E-state index in [4.69, 9.17) is 19.7 Å². The van der Waals surface area contributed by atoms with E-state index < -0.39 is 18.1 Å². The van der Waals surface area contributed by atoms with Crippen molar-refractivity contribution in [3.63, 3.8) is 0 Å². The zero-order chi connectivity index (χ0) is 26.0. The van der Waals surface area contributed by atoms with Gasteiger partial charge in [0.15, 0.2) is 5.65 Å². The monoisotopic (exact) mass is 541 g/mol. The smallest absolute Gasteiger partial charge is 0.214 e. The Hall–Kier alpha value is -2.14. The van der Waals surface area contributed by atoms with E-state index >= 15 is 0 Å². The highest BCUT2D eigenvalue weighted by Crippen LogP contribution is 2.33. The van der Waals surface area contributed by atoms with Gasteiger partial charge in [0.1, 0.15) is 12.2 Å². The molecule has 0 aromatic carbocycles. The van der Waals surface area contributed by atoms with E-state index in [-0.39, 0.29) is 5.92 Å². The van der Waals surface area contributed by atoms with Gasteiger partial charge in [-0.25, -0.2) is 22.7 Å². The summed E-state index contributed by atoms with van der Waals surface area (Å²) in [5.74, 6) is 0.933. The molecule has 2 fully saturated rings. The van der Waals surface area contributed by atoms with Gasteiger partial charge in [-0.15, -0.1) is 0 Å². The van der Waals surface area contributed by atoms with Crippen molar-refractivity contribution in [1.29, 1.82) is 0 Å². The van der Waals surface area contributed by atoms with Gasteiger partial charge >= 0.3 is 0 Å². The van der Waals surface area contributed by atoms with Crippen LogP contribution in [0, 0.1) is 11.8 Å². The van der Waals surface area contributed by atoms with Crippen molar-refractivity contribution in [2.45, 2.75) is 64.5 Å². The Balaban J connectivity index is 1.28. The van der Waals surface area contributed by atoms with Crippen molar-refractivity contribution in [3.05, 3.63) is 42.5 Å². The Morgan fingerprint density at radius 1 is 1.11 bits per heavy atom. The predicted molar refractivity (Wildman–Crippen MR) is 149 cm³/mol. The van der Waals surface area contributed by atoms with Gasteiger partial charge < -0.3 is 9.30 Å². The third-order valence-corrected chi connectivity index (χ3v) is 11.1. The highest BCUT2D eigenvalue weighted by Gasteiger charge is 2.34. The van der Waals surface area contributed by atoms with Crippen molar-refractivity contribution in [3.8, 4) is 11.3 Å². The van der Waals surface area contributed by atoms with Crippen LogP contribution >= 0.6 is 0 Å². The lowest BCUT2D eigenvalue weighted by atomic mass is 9.92. The summed E-state index contributed by atoms with van der Waals surface area (Å²) in [5, 5.41) is 0. The predicted octanol–water partition coefficient (Wildman–Crippen LogP) is 4.80. The van der Waals surface area contributed by atoms with Crippen LogP contribution in [0.3, 0.4) is 0 Å². The first-order chi connectivity index (χ1) is 17.7. The largest absolute Gasteiger partial charge is 0.361 e. The fourth-order valence-electron chi connectivity index (χ4n) is 4.98. The van der Waals surface area contributed by atoms with E-state index in [0.717, 1.165) is 72.9 Å². The van der Waals surface area contributed by atoms with Crippen molar-refractivity contribution in [2.75, 3.05) is 25.4 Å². The highest BCUT2D eigenvalue weighted by molar-refractivity contribution is 7.89. The second-order valence-electron chi connectivity index (χ2n) is 11.9. The molecule has 10 heteroatoms. The van der Waals surface area contributed by atoms with E-state index in [0.29, 0.717) is 31.5 Å². The first kappa shape index (κ1) is 26.5. The molecule has 0 unspecified atom stereocenters. The SMILES string of the molecule is C[Si](C)(C)CCOCn1ccc2nc(-c3cccnc3C[C@H]3CCCN(S(=O)(=O)CC4CC4)C3)cnc21. The molecule has 1 aliphatic heterocycles. The summed E-state index contributed by atoms with van der Waals surface area (Å²) in [6.07, 6.45) is 10.3. The Morgan fingerprint density at radius 2 is 1.95 bits per heavy atom. The highest BCUT2D eigenvalue weighted by atomic mass is 32.2. The summed E-state index contributed by atoms with van der Waals surface area (Å²) < 4.78 is 35.4. The number of ether oxygens (including phenoxy) is 1. The van der Waals surface area contributed by atoms with E-state index in [1.807, 2.05) is 41.4 Å². The average molecular weight is 542 g/mol. The first-order valence-electron chi connectivity index (χ1n) is 13.5. The van der Waals surface area contributed by atoms with Gasteiger partial charge in [0, 0.05) is 45.7 Å². The fourth-order valence-corrected chi connectivity index (χ4v) is 7.72. The Morgan fingerprint density at radius 3 is 2.73 bits per heavy atom. The second-order valence-corrected chi connectivity index (χ2v) is 19.5. The maximum Gasteiger partial charge on any atom is 0.214 e. The minimum absolute atomic E-state index is 0.252.